The van der Waals surface area contributed by atoms with Crippen molar-refractivity contribution >= 4 is 33.3 Å². The molecule has 0 aliphatic carbocycles. The third-order valence-corrected chi connectivity index (χ3v) is 5.57. The molecule has 0 aliphatic rings. The molecule has 3 heterocycles. The number of nitrogens with zero attached hydrogens (tertiary/aromatic N) is 4. The molecule has 6 nitrogen and oxygen atoms in total. The van der Waals surface area contributed by atoms with Crippen molar-refractivity contribution < 1.29 is 9.18 Å². The predicted molar refractivity (Wildman–Crippen MR) is 125 cm³/mol. The van der Waals surface area contributed by atoms with Crippen molar-refractivity contribution in [2.75, 3.05) is 5.32 Å². The molecule has 1 amide bonds. The predicted octanol–water partition coefficient (Wildman–Crippen LogP) is 4.65. The monoisotopic (exact) mass is 453 g/mol. The first kappa shape index (κ1) is 20.5. The van der Waals surface area contributed by atoms with Crippen molar-refractivity contribution in [3.05, 3.63) is 107 Å². The molecule has 8 heteroatoms. The van der Waals surface area contributed by atoms with Crippen LogP contribution in [0.1, 0.15) is 22.7 Å². The third kappa shape index (κ3) is 4.63. The second-order valence-corrected chi connectivity index (χ2v) is 8.05. The zero-order valence-electron chi connectivity index (χ0n) is 17.1. The molecule has 33 heavy (non-hydrogen) atoms. The Morgan fingerprint density at radius 3 is 2.76 bits per heavy atom. The maximum absolute atomic E-state index is 14.0. The lowest BCUT2D eigenvalue weighted by Crippen LogP contribution is -2.27. The quantitative estimate of drug-likeness (QED) is 0.402. The lowest BCUT2D eigenvalue weighted by Gasteiger charge is -2.17. The van der Waals surface area contributed by atoms with Crippen LogP contribution in [0.3, 0.4) is 0 Å². The number of nitrogens with one attached hydrogen (secondary N) is 1. The van der Waals surface area contributed by atoms with Crippen LogP contribution in [0, 0.1) is 17.7 Å². The summed E-state index contributed by atoms with van der Waals surface area (Å²) < 4.78 is 15.5. The Balaban J connectivity index is 1.51. The summed E-state index contributed by atoms with van der Waals surface area (Å²) in [7, 11) is 0. The molecule has 5 aromatic rings. The van der Waals surface area contributed by atoms with Gasteiger partial charge in [-0.3, -0.25) is 19.8 Å². The maximum atomic E-state index is 14.0. The fourth-order valence-corrected chi connectivity index (χ4v) is 3.92. The number of fused-ring (bicyclic) bond motifs is 1. The molecule has 3 aromatic heterocycles. The number of anilines is 1. The molecule has 160 valence electrons. The Morgan fingerprint density at radius 2 is 1.97 bits per heavy atom. The standard InChI is InChI=1S/C25H16FN5OS/c26-21-5-1-4-19(14-21)23(24(32)29-25-28-11-12-33-25)31-16-20-9-8-17(13-22(20)30-31)6-7-18-3-2-10-27-15-18/h1-5,8-16,23H,(H,28,29,32). The lowest BCUT2D eigenvalue weighted by atomic mass is 10.1. The van der Waals surface area contributed by atoms with E-state index in [2.05, 4.69) is 32.2 Å². The number of carbonyl (C=O) groups excluding carboxylic acids is 1. The zero-order chi connectivity index (χ0) is 22.6. The fourth-order valence-electron chi connectivity index (χ4n) is 3.39. The molecule has 0 saturated carbocycles. The van der Waals surface area contributed by atoms with Crippen LogP contribution in [-0.2, 0) is 4.79 Å². The highest BCUT2D eigenvalue weighted by Gasteiger charge is 2.25. The number of benzene rings is 2. The molecule has 1 N–H and O–H groups in total. The van der Waals surface area contributed by atoms with Crippen molar-refractivity contribution in [2.24, 2.45) is 0 Å². The van der Waals surface area contributed by atoms with Crippen LogP contribution in [0.2, 0.25) is 0 Å². The lowest BCUT2D eigenvalue weighted by molar-refractivity contribution is -0.118. The van der Waals surface area contributed by atoms with E-state index in [4.69, 9.17) is 0 Å². The molecule has 2 aromatic carbocycles. The van der Waals surface area contributed by atoms with Crippen LogP contribution in [0.15, 0.2) is 84.8 Å². The highest BCUT2D eigenvalue weighted by atomic mass is 32.1. The molecule has 0 radical (unpaired) electrons. The van der Waals surface area contributed by atoms with Crippen molar-refractivity contribution in [1.82, 2.24) is 19.7 Å². The Labute approximate surface area is 192 Å². The van der Waals surface area contributed by atoms with Crippen LogP contribution in [0.5, 0.6) is 0 Å². The smallest absolute Gasteiger partial charge is 0.255 e. The Bertz CT molecular complexity index is 1490. The van der Waals surface area contributed by atoms with Gasteiger partial charge >= 0.3 is 0 Å². The number of thiazole rings is 1. The van der Waals surface area contributed by atoms with E-state index in [0.29, 0.717) is 16.2 Å². The van der Waals surface area contributed by atoms with Gasteiger partial charge in [-0.2, -0.15) is 5.10 Å². The molecular weight excluding hydrogens is 437 g/mol. The Hall–Kier alpha value is -4.35. The minimum Gasteiger partial charge on any atom is -0.300 e. The van der Waals surface area contributed by atoms with Gasteiger partial charge in [0.15, 0.2) is 11.2 Å². The van der Waals surface area contributed by atoms with Gasteiger partial charge in [-0.25, -0.2) is 9.37 Å². The average molecular weight is 454 g/mol. The average Bonchev–Trinajstić information content (AvgIpc) is 3.48. The molecule has 1 unspecified atom stereocenters. The summed E-state index contributed by atoms with van der Waals surface area (Å²) in [5.74, 6) is 5.39. The first-order chi connectivity index (χ1) is 16.2. The van der Waals surface area contributed by atoms with Gasteiger partial charge in [-0.15, -0.1) is 11.3 Å². The molecule has 0 bridgehead atoms. The van der Waals surface area contributed by atoms with Crippen LogP contribution in [0.25, 0.3) is 10.9 Å². The number of hydrogen-bond acceptors (Lipinski definition) is 5. The van der Waals surface area contributed by atoms with Crippen LogP contribution in [0.4, 0.5) is 9.52 Å². The van der Waals surface area contributed by atoms with Gasteiger partial charge in [0.2, 0.25) is 0 Å². The molecular formula is C25H16FN5OS. The van der Waals surface area contributed by atoms with E-state index in [9.17, 15) is 9.18 Å². The number of carbonyl (C=O) groups is 1. The van der Waals surface area contributed by atoms with Gasteiger partial charge in [0.1, 0.15) is 5.82 Å². The van der Waals surface area contributed by atoms with E-state index in [1.165, 1.54) is 23.5 Å². The first-order valence-corrected chi connectivity index (χ1v) is 10.9. The van der Waals surface area contributed by atoms with Crippen LogP contribution in [-0.4, -0.2) is 25.7 Å². The maximum Gasteiger partial charge on any atom is 0.255 e. The zero-order valence-corrected chi connectivity index (χ0v) is 18.0. The van der Waals surface area contributed by atoms with E-state index in [1.807, 2.05) is 30.3 Å². The number of halogens is 1. The molecule has 0 fully saturated rings. The van der Waals surface area contributed by atoms with Crippen molar-refractivity contribution in [3.63, 3.8) is 0 Å². The van der Waals surface area contributed by atoms with Crippen molar-refractivity contribution in [2.45, 2.75) is 6.04 Å². The number of hydrogen-bond donors (Lipinski definition) is 1. The Kier molecular flexibility index (Phi) is 5.62. The Morgan fingerprint density at radius 1 is 1.06 bits per heavy atom. The van der Waals surface area contributed by atoms with E-state index < -0.39 is 11.9 Å². The van der Waals surface area contributed by atoms with Crippen LogP contribution >= 0.6 is 11.3 Å². The van der Waals surface area contributed by atoms with Crippen LogP contribution < -0.4 is 5.32 Å². The molecule has 5 rings (SSSR count). The van der Waals surface area contributed by atoms with Gasteiger partial charge in [-0.05, 0) is 48.0 Å². The van der Waals surface area contributed by atoms with Crippen molar-refractivity contribution in [3.8, 4) is 11.8 Å². The summed E-state index contributed by atoms with van der Waals surface area (Å²) in [6, 6.07) is 14.4. The molecule has 0 spiro atoms. The third-order valence-electron chi connectivity index (χ3n) is 4.88. The topological polar surface area (TPSA) is 72.7 Å². The first-order valence-electron chi connectivity index (χ1n) is 10.0. The van der Waals surface area contributed by atoms with E-state index in [1.54, 1.807) is 47.0 Å². The summed E-state index contributed by atoms with van der Waals surface area (Å²) in [6.45, 7) is 0. The van der Waals surface area contributed by atoms with Gasteiger partial charge < -0.3 is 0 Å². The summed E-state index contributed by atoms with van der Waals surface area (Å²) in [5, 5.41) is 10.5. The highest BCUT2D eigenvalue weighted by Crippen LogP contribution is 2.25. The fraction of sp³-hybridized carbons (Fsp3) is 0.0400. The second kappa shape index (κ2) is 9.02. The van der Waals surface area contributed by atoms with Gasteiger partial charge in [0.05, 0.1) is 5.52 Å². The SMILES string of the molecule is O=C(Nc1nccs1)C(c1cccc(F)c1)n1cc2ccc(C#Cc3cccnc3)cc2n1. The number of aromatic nitrogens is 4. The minimum atomic E-state index is -0.873. The van der Waals surface area contributed by atoms with Gasteiger partial charge in [-0.1, -0.05) is 24.0 Å². The highest BCUT2D eigenvalue weighted by molar-refractivity contribution is 7.13. The summed E-state index contributed by atoms with van der Waals surface area (Å²) >= 11 is 1.31. The number of rotatable bonds is 4. The summed E-state index contributed by atoms with van der Waals surface area (Å²) in [6.07, 6.45) is 6.77. The van der Waals surface area contributed by atoms with Crippen molar-refractivity contribution in [1.29, 1.82) is 0 Å². The molecule has 1 atom stereocenters. The number of amides is 1. The largest absolute Gasteiger partial charge is 0.300 e. The molecule has 0 saturated heterocycles. The van der Waals surface area contributed by atoms with Gasteiger partial charge in [0.25, 0.3) is 5.91 Å². The van der Waals surface area contributed by atoms with E-state index in [0.717, 1.165) is 16.5 Å². The van der Waals surface area contributed by atoms with E-state index in [-0.39, 0.29) is 5.91 Å². The normalized spacial score (nSPS) is 11.5. The van der Waals surface area contributed by atoms with Gasteiger partial charge in [0, 0.05) is 46.7 Å². The molecule has 0 aliphatic heterocycles. The van der Waals surface area contributed by atoms with E-state index >= 15 is 0 Å². The minimum absolute atomic E-state index is 0.361. The summed E-state index contributed by atoms with van der Waals surface area (Å²) in [5.41, 5.74) is 2.75. The number of pyridine rings is 1. The summed E-state index contributed by atoms with van der Waals surface area (Å²) in [4.78, 5) is 21.3. The second-order valence-electron chi connectivity index (χ2n) is 7.16.